The zero-order valence-corrected chi connectivity index (χ0v) is 13.4. The summed E-state index contributed by atoms with van der Waals surface area (Å²) in [6.07, 6.45) is 1.63. The first-order chi connectivity index (χ1) is 8.18. The van der Waals surface area contributed by atoms with E-state index < -0.39 is 24.0 Å². The van der Waals surface area contributed by atoms with E-state index in [2.05, 4.69) is 0 Å². The summed E-state index contributed by atoms with van der Waals surface area (Å²) in [4.78, 5) is 20.3. The van der Waals surface area contributed by atoms with Gasteiger partial charge in [0.25, 0.3) is 0 Å². The maximum atomic E-state index is 10.2. The molecule has 0 aromatic heterocycles. The van der Waals surface area contributed by atoms with Gasteiger partial charge in [0.05, 0.1) is 0 Å². The molecule has 0 aliphatic carbocycles. The van der Waals surface area contributed by atoms with Crippen LogP contribution in [0.2, 0.25) is 0 Å². The van der Waals surface area contributed by atoms with Gasteiger partial charge < -0.3 is 27.2 Å². The molecule has 0 saturated carbocycles. The molecule has 4 atom stereocenters. The first kappa shape index (κ1) is 27.6. The van der Waals surface area contributed by atoms with E-state index in [1.807, 2.05) is 27.7 Å². The number of carboxylic acid groups (broad SMARTS) is 2. The number of rotatable bonds is 6. The van der Waals surface area contributed by atoms with Gasteiger partial charge in [-0.05, 0) is 11.8 Å². The maximum Gasteiger partial charge on any atom is 2.00 e. The number of carboxylic acids is 2. The molecule has 4 unspecified atom stereocenters. The fraction of sp³-hybridized carbons (Fsp3) is 0.833. The van der Waals surface area contributed by atoms with Crippen LogP contribution in [0.15, 0.2) is 0 Å². The van der Waals surface area contributed by atoms with E-state index in [0.29, 0.717) is 0 Å². The van der Waals surface area contributed by atoms with Gasteiger partial charge in [0, 0.05) is 0 Å². The predicted molar refractivity (Wildman–Crippen MR) is 75.0 cm³/mol. The Balaban J connectivity index is -0.000000116. The van der Waals surface area contributed by atoms with Gasteiger partial charge in [-0.15, -0.1) is 0 Å². The molecule has 0 saturated heterocycles. The third kappa shape index (κ3) is 12.4. The standard InChI is InChI=1S/2C6H13NO2.Cu.H2O/c2*1-3-4(2)5(7)6(8)9;;/h2*4-5H,3,7H2,1-2H3,(H,8,9);;1H2/q;;+2;/p+1. The Labute approximate surface area is 130 Å². The van der Waals surface area contributed by atoms with Crippen molar-refractivity contribution in [1.29, 1.82) is 0 Å². The number of hydrogen-bond donors (Lipinski definition) is 4. The molecule has 0 aromatic carbocycles. The van der Waals surface area contributed by atoms with Crippen LogP contribution in [0.4, 0.5) is 0 Å². The van der Waals surface area contributed by atoms with Crippen molar-refractivity contribution in [3.8, 4) is 0 Å². The van der Waals surface area contributed by atoms with Gasteiger partial charge in [0.1, 0.15) is 12.1 Å². The predicted octanol–water partition coefficient (Wildman–Crippen LogP) is -0.0356. The topological polar surface area (TPSA) is 160 Å². The third-order valence-electron chi connectivity index (χ3n) is 3.08. The molecule has 125 valence electrons. The van der Waals surface area contributed by atoms with E-state index in [9.17, 15) is 9.59 Å². The van der Waals surface area contributed by atoms with Gasteiger partial charge in [-0.25, -0.2) is 0 Å². The molecular formula is C12H29CuN2O5+3. The SMILES string of the molecule is CCC(C)C(N)C(=O)O.CCC(C)C(N)C(=O)O.[Cu+2].[OH3+]. The van der Waals surface area contributed by atoms with E-state index in [4.69, 9.17) is 21.7 Å². The third-order valence-corrected chi connectivity index (χ3v) is 3.08. The summed E-state index contributed by atoms with van der Waals surface area (Å²) in [6, 6.07) is -1.40. The molecule has 0 heterocycles. The van der Waals surface area contributed by atoms with Gasteiger partial charge in [0.15, 0.2) is 0 Å². The second-order valence-corrected chi connectivity index (χ2v) is 4.50. The molecule has 1 radical (unpaired) electrons. The molecule has 0 aliphatic rings. The van der Waals surface area contributed by atoms with E-state index >= 15 is 0 Å². The minimum Gasteiger partial charge on any atom is -0.480 e. The van der Waals surface area contributed by atoms with Gasteiger partial charge in [-0.2, -0.15) is 0 Å². The van der Waals surface area contributed by atoms with Crippen LogP contribution in [-0.4, -0.2) is 34.2 Å². The molecule has 0 aliphatic heterocycles. The minimum absolute atomic E-state index is 0. The maximum absolute atomic E-state index is 10.2. The summed E-state index contributed by atoms with van der Waals surface area (Å²) in [5, 5.41) is 16.7. The van der Waals surface area contributed by atoms with Crippen molar-refractivity contribution in [2.24, 2.45) is 23.3 Å². The van der Waals surface area contributed by atoms with Crippen LogP contribution < -0.4 is 11.5 Å². The normalized spacial score (nSPS) is 15.1. The Bertz CT molecular complexity index is 240. The Morgan fingerprint density at radius 1 is 0.900 bits per heavy atom. The average Bonchev–Trinajstić information content (AvgIpc) is 2.35. The summed E-state index contributed by atoms with van der Waals surface area (Å²) in [5.74, 6) is -1.68. The van der Waals surface area contributed by atoms with E-state index in [0.717, 1.165) is 12.8 Å². The first-order valence-corrected chi connectivity index (χ1v) is 6.15. The van der Waals surface area contributed by atoms with E-state index in [-0.39, 0.29) is 34.4 Å². The van der Waals surface area contributed by atoms with Crippen molar-refractivity contribution in [3.05, 3.63) is 0 Å². The molecule has 9 N–H and O–H groups in total. The molecule has 0 aromatic rings. The van der Waals surface area contributed by atoms with Crippen LogP contribution >= 0.6 is 0 Å². The Morgan fingerprint density at radius 3 is 1.15 bits per heavy atom. The minimum atomic E-state index is -0.913. The quantitative estimate of drug-likeness (QED) is 0.390. The number of carbonyl (C=O) groups is 2. The summed E-state index contributed by atoms with van der Waals surface area (Å²) in [5.41, 5.74) is 10.5. The van der Waals surface area contributed by atoms with E-state index in [1.165, 1.54) is 0 Å². The van der Waals surface area contributed by atoms with Crippen molar-refractivity contribution in [2.75, 3.05) is 0 Å². The van der Waals surface area contributed by atoms with Gasteiger partial charge in [0.2, 0.25) is 0 Å². The van der Waals surface area contributed by atoms with Crippen LogP contribution in [0.25, 0.3) is 0 Å². The van der Waals surface area contributed by atoms with Crippen molar-refractivity contribution in [2.45, 2.75) is 52.6 Å². The zero-order valence-electron chi connectivity index (χ0n) is 12.5. The van der Waals surface area contributed by atoms with Crippen LogP contribution in [0.1, 0.15) is 40.5 Å². The fourth-order valence-corrected chi connectivity index (χ4v) is 0.995. The Kier molecular flexibility index (Phi) is 20.4. The molecule has 0 rings (SSSR count). The number of aliphatic carboxylic acids is 2. The van der Waals surface area contributed by atoms with Crippen LogP contribution in [0.3, 0.4) is 0 Å². The molecule has 0 fully saturated rings. The molecule has 7 nitrogen and oxygen atoms in total. The molecule has 8 heteroatoms. The van der Waals surface area contributed by atoms with Crippen molar-refractivity contribution in [3.63, 3.8) is 0 Å². The average molecular weight is 345 g/mol. The van der Waals surface area contributed by atoms with Gasteiger partial charge >= 0.3 is 29.0 Å². The van der Waals surface area contributed by atoms with Crippen LogP contribution in [0, 0.1) is 11.8 Å². The summed E-state index contributed by atoms with van der Waals surface area (Å²) in [6.45, 7) is 7.51. The van der Waals surface area contributed by atoms with Gasteiger partial charge in [-0.3, -0.25) is 9.59 Å². The van der Waals surface area contributed by atoms with Crippen molar-refractivity contribution >= 4 is 11.9 Å². The monoisotopic (exact) mass is 344 g/mol. The first-order valence-electron chi connectivity index (χ1n) is 6.15. The summed E-state index contributed by atoms with van der Waals surface area (Å²) >= 11 is 0. The van der Waals surface area contributed by atoms with E-state index in [1.54, 1.807) is 0 Å². The van der Waals surface area contributed by atoms with Crippen molar-refractivity contribution in [1.82, 2.24) is 0 Å². The van der Waals surface area contributed by atoms with Crippen LogP contribution in [-0.2, 0) is 32.1 Å². The second-order valence-electron chi connectivity index (χ2n) is 4.50. The Morgan fingerprint density at radius 2 is 1.10 bits per heavy atom. The molecule has 0 amide bonds. The Hall–Kier alpha value is -0.661. The smallest absolute Gasteiger partial charge is 0.480 e. The van der Waals surface area contributed by atoms with Crippen LogP contribution in [0.5, 0.6) is 0 Å². The summed E-state index contributed by atoms with van der Waals surface area (Å²) < 4.78 is 0. The number of hydrogen-bond acceptors (Lipinski definition) is 4. The molecule has 20 heavy (non-hydrogen) atoms. The second kappa shape index (κ2) is 14.7. The largest absolute Gasteiger partial charge is 2.00 e. The fourth-order valence-electron chi connectivity index (χ4n) is 0.995. The zero-order chi connectivity index (χ0) is 14.9. The molecular weight excluding hydrogens is 316 g/mol. The number of nitrogens with two attached hydrogens (primary N) is 2. The van der Waals surface area contributed by atoms with Crippen molar-refractivity contribution < 1.29 is 42.3 Å². The van der Waals surface area contributed by atoms with Gasteiger partial charge in [-0.1, -0.05) is 40.5 Å². The summed E-state index contributed by atoms with van der Waals surface area (Å²) in [7, 11) is 0. The molecule has 0 spiro atoms. The molecule has 0 bridgehead atoms.